The number of nitrogens with one attached hydrogen (secondary N) is 1. The maximum absolute atomic E-state index is 12.9. The van der Waals surface area contributed by atoms with Gasteiger partial charge in [0.2, 0.25) is 11.8 Å². The molecule has 2 heterocycles. The Morgan fingerprint density at radius 3 is 2.50 bits per heavy atom. The van der Waals surface area contributed by atoms with Crippen molar-refractivity contribution in [2.24, 2.45) is 0 Å². The number of benzene rings is 1. The van der Waals surface area contributed by atoms with E-state index in [1.54, 1.807) is 12.1 Å². The van der Waals surface area contributed by atoms with Gasteiger partial charge >= 0.3 is 12.1 Å². The van der Waals surface area contributed by atoms with Gasteiger partial charge < -0.3 is 15.2 Å². The zero-order valence-electron chi connectivity index (χ0n) is 15.9. The highest BCUT2D eigenvalue weighted by Crippen LogP contribution is 2.26. The van der Waals surface area contributed by atoms with E-state index in [2.05, 4.69) is 15.0 Å². The summed E-state index contributed by atoms with van der Waals surface area (Å²) in [5.74, 6) is -0.776. The molecule has 0 saturated carbocycles. The molecule has 0 aliphatic rings. The Balaban J connectivity index is 1.92. The highest BCUT2D eigenvalue weighted by Gasteiger charge is 2.31. The summed E-state index contributed by atoms with van der Waals surface area (Å²) < 4.78 is 43.0. The minimum absolute atomic E-state index is 0.0790. The van der Waals surface area contributed by atoms with Crippen LogP contribution < -0.4 is 15.7 Å². The van der Waals surface area contributed by atoms with E-state index in [0.717, 1.165) is 16.7 Å². The minimum atomic E-state index is -4.83. The standard InChI is InChI=1S/C19H17F3N4O4/c1-11-17(28)26(14-3-5-15(6-4-14)30-19(20,21)22)18(29)25(11)10-13-7-8-23-16(9-13)24-12(2)27/h3-9,28H,10H2,1-2H3,(H,23,24,27). The fourth-order valence-electron chi connectivity index (χ4n) is 2.86. The first-order valence-corrected chi connectivity index (χ1v) is 8.65. The summed E-state index contributed by atoms with van der Waals surface area (Å²) >= 11 is 0. The van der Waals surface area contributed by atoms with E-state index in [0.29, 0.717) is 11.4 Å². The summed E-state index contributed by atoms with van der Waals surface area (Å²) in [5.41, 5.74) is 0.480. The van der Waals surface area contributed by atoms with Crippen LogP contribution in [-0.4, -0.2) is 31.5 Å². The van der Waals surface area contributed by atoms with E-state index in [-0.39, 0.29) is 29.7 Å². The molecule has 0 unspecified atom stereocenters. The quantitative estimate of drug-likeness (QED) is 0.659. The van der Waals surface area contributed by atoms with Gasteiger partial charge in [0.15, 0.2) is 0 Å². The first kappa shape index (κ1) is 21.0. The zero-order chi connectivity index (χ0) is 22.1. The van der Waals surface area contributed by atoms with E-state index < -0.39 is 17.8 Å². The lowest BCUT2D eigenvalue weighted by Crippen LogP contribution is -2.24. The third kappa shape index (κ3) is 4.62. The molecule has 158 valence electrons. The maximum atomic E-state index is 12.9. The Kier molecular flexibility index (Phi) is 5.54. The number of halogens is 3. The number of aromatic nitrogens is 3. The van der Waals surface area contributed by atoms with Gasteiger partial charge in [0.05, 0.1) is 17.9 Å². The van der Waals surface area contributed by atoms with Crippen molar-refractivity contribution in [2.45, 2.75) is 26.8 Å². The molecule has 0 atom stereocenters. The monoisotopic (exact) mass is 422 g/mol. The molecule has 0 aliphatic heterocycles. The van der Waals surface area contributed by atoms with Gasteiger partial charge in [-0.15, -0.1) is 13.2 Å². The number of hydrogen-bond donors (Lipinski definition) is 2. The fraction of sp³-hybridized carbons (Fsp3) is 0.211. The Labute approximate surface area is 168 Å². The van der Waals surface area contributed by atoms with Crippen molar-refractivity contribution in [3.63, 3.8) is 0 Å². The molecule has 0 saturated heterocycles. The van der Waals surface area contributed by atoms with Gasteiger partial charge in [-0.1, -0.05) is 0 Å². The maximum Gasteiger partial charge on any atom is 0.573 e. The average Bonchev–Trinajstić information content (AvgIpc) is 2.85. The summed E-state index contributed by atoms with van der Waals surface area (Å²) in [6, 6.07) is 7.79. The summed E-state index contributed by atoms with van der Waals surface area (Å²) in [7, 11) is 0. The van der Waals surface area contributed by atoms with Crippen LogP contribution in [0.3, 0.4) is 0 Å². The van der Waals surface area contributed by atoms with Crippen LogP contribution in [0.15, 0.2) is 47.4 Å². The van der Waals surface area contributed by atoms with Gasteiger partial charge in [0.1, 0.15) is 11.6 Å². The highest BCUT2D eigenvalue weighted by atomic mass is 19.4. The summed E-state index contributed by atoms with van der Waals surface area (Å²) in [5, 5.41) is 13.0. The van der Waals surface area contributed by atoms with Crippen LogP contribution in [0.25, 0.3) is 5.69 Å². The van der Waals surface area contributed by atoms with Crippen molar-refractivity contribution in [3.05, 3.63) is 64.3 Å². The number of amides is 1. The molecule has 0 aliphatic carbocycles. The fourth-order valence-corrected chi connectivity index (χ4v) is 2.86. The van der Waals surface area contributed by atoms with Crippen LogP contribution in [0.4, 0.5) is 19.0 Å². The topological polar surface area (TPSA) is 98.4 Å². The van der Waals surface area contributed by atoms with E-state index in [1.807, 2.05) is 0 Å². The predicted octanol–water partition coefficient (Wildman–Crippen LogP) is 2.95. The van der Waals surface area contributed by atoms with Crippen molar-refractivity contribution in [3.8, 4) is 17.3 Å². The predicted molar refractivity (Wildman–Crippen MR) is 101 cm³/mol. The number of ether oxygens (including phenoxy) is 1. The largest absolute Gasteiger partial charge is 0.573 e. The smallest absolute Gasteiger partial charge is 0.493 e. The van der Waals surface area contributed by atoms with Crippen molar-refractivity contribution < 1.29 is 27.8 Å². The molecule has 2 N–H and O–H groups in total. The lowest BCUT2D eigenvalue weighted by Gasteiger charge is -2.09. The first-order chi connectivity index (χ1) is 14.0. The molecule has 8 nitrogen and oxygen atoms in total. The number of rotatable bonds is 5. The van der Waals surface area contributed by atoms with Crippen LogP contribution in [-0.2, 0) is 11.3 Å². The number of alkyl halides is 3. The number of imidazole rings is 1. The summed E-state index contributed by atoms with van der Waals surface area (Å²) in [4.78, 5) is 28.0. The molecule has 30 heavy (non-hydrogen) atoms. The van der Waals surface area contributed by atoms with E-state index in [1.165, 1.54) is 36.7 Å². The molecule has 2 aromatic heterocycles. The Morgan fingerprint density at radius 2 is 1.90 bits per heavy atom. The van der Waals surface area contributed by atoms with Crippen molar-refractivity contribution in [2.75, 3.05) is 5.32 Å². The molecule has 11 heteroatoms. The molecule has 0 fully saturated rings. The van der Waals surface area contributed by atoms with Crippen LogP contribution >= 0.6 is 0 Å². The van der Waals surface area contributed by atoms with Crippen molar-refractivity contribution in [1.82, 2.24) is 14.1 Å². The molecule has 3 aromatic rings. The normalized spacial score (nSPS) is 11.4. The van der Waals surface area contributed by atoms with Gasteiger partial charge in [0.25, 0.3) is 0 Å². The zero-order valence-corrected chi connectivity index (χ0v) is 15.9. The third-order valence-corrected chi connectivity index (χ3v) is 4.16. The number of nitrogens with zero attached hydrogens (tertiary/aromatic N) is 3. The second kappa shape index (κ2) is 7.93. The van der Waals surface area contributed by atoms with E-state index >= 15 is 0 Å². The van der Waals surface area contributed by atoms with Gasteiger partial charge in [-0.3, -0.25) is 9.36 Å². The highest BCUT2D eigenvalue weighted by molar-refractivity contribution is 5.87. The number of carbonyl (C=O) groups is 1. The molecule has 1 aromatic carbocycles. The summed E-state index contributed by atoms with van der Waals surface area (Å²) in [6.45, 7) is 2.95. The Morgan fingerprint density at radius 1 is 1.23 bits per heavy atom. The van der Waals surface area contributed by atoms with Gasteiger partial charge in [-0.05, 0) is 48.9 Å². The van der Waals surface area contributed by atoms with Gasteiger partial charge in [0, 0.05) is 13.1 Å². The molecular weight excluding hydrogens is 405 g/mol. The van der Waals surface area contributed by atoms with Gasteiger partial charge in [-0.2, -0.15) is 0 Å². The van der Waals surface area contributed by atoms with Crippen molar-refractivity contribution >= 4 is 11.7 Å². The van der Waals surface area contributed by atoms with Crippen LogP contribution in [0.5, 0.6) is 11.6 Å². The second-order valence-electron chi connectivity index (χ2n) is 6.39. The lowest BCUT2D eigenvalue weighted by atomic mass is 10.2. The molecule has 3 rings (SSSR count). The summed E-state index contributed by atoms with van der Waals surface area (Å²) in [6.07, 6.45) is -3.36. The average molecular weight is 422 g/mol. The number of hydrogen-bond acceptors (Lipinski definition) is 5. The number of anilines is 1. The molecular formula is C19H17F3N4O4. The first-order valence-electron chi connectivity index (χ1n) is 8.65. The van der Waals surface area contributed by atoms with E-state index in [4.69, 9.17) is 0 Å². The number of carbonyl (C=O) groups excluding carboxylic acids is 1. The van der Waals surface area contributed by atoms with Crippen LogP contribution in [0.2, 0.25) is 0 Å². The van der Waals surface area contributed by atoms with Gasteiger partial charge in [-0.25, -0.2) is 14.3 Å². The molecule has 0 radical (unpaired) electrons. The van der Waals surface area contributed by atoms with E-state index in [9.17, 15) is 27.9 Å². The Hall–Kier alpha value is -3.76. The number of aromatic hydroxyl groups is 1. The second-order valence-corrected chi connectivity index (χ2v) is 6.39. The number of pyridine rings is 1. The lowest BCUT2D eigenvalue weighted by molar-refractivity contribution is -0.274. The van der Waals surface area contributed by atoms with Crippen molar-refractivity contribution in [1.29, 1.82) is 0 Å². The van der Waals surface area contributed by atoms with Crippen LogP contribution in [0.1, 0.15) is 18.2 Å². The minimum Gasteiger partial charge on any atom is -0.493 e. The molecule has 0 bridgehead atoms. The third-order valence-electron chi connectivity index (χ3n) is 4.16. The van der Waals surface area contributed by atoms with Crippen LogP contribution in [0, 0.1) is 6.92 Å². The Bertz CT molecular complexity index is 1130. The molecule has 0 spiro atoms. The molecule has 1 amide bonds. The SMILES string of the molecule is CC(=O)Nc1cc(Cn2c(C)c(O)n(-c3ccc(OC(F)(F)F)cc3)c2=O)ccn1.